The van der Waals surface area contributed by atoms with Crippen LogP contribution in [0.4, 0.5) is 11.4 Å². The molecule has 1 heterocycles. The summed E-state index contributed by atoms with van der Waals surface area (Å²) < 4.78 is 5.43. The quantitative estimate of drug-likeness (QED) is 0.224. The number of anilines is 1. The van der Waals surface area contributed by atoms with Crippen molar-refractivity contribution in [2.45, 2.75) is 6.92 Å². The standard InChI is InChI=1S/C27H18N2O7/c1-2-36-18-12-10-17(11-13-18)28-25(30)20-5-3-4-19-23(15-6-8-16(9-7-15)27(32)33)22(29(34)35)14-21(24(19)20)26(28)31/h3-14H,2H2,1H3,(H,32,33). The van der Waals surface area contributed by atoms with E-state index in [0.717, 1.165) is 4.90 Å². The fourth-order valence-electron chi connectivity index (χ4n) is 4.47. The van der Waals surface area contributed by atoms with Gasteiger partial charge in [0, 0.05) is 17.0 Å². The summed E-state index contributed by atoms with van der Waals surface area (Å²) in [6.07, 6.45) is 0. The van der Waals surface area contributed by atoms with Crippen LogP contribution < -0.4 is 9.64 Å². The second-order valence-corrected chi connectivity index (χ2v) is 8.06. The van der Waals surface area contributed by atoms with E-state index in [9.17, 15) is 29.6 Å². The number of amides is 2. The molecule has 0 saturated carbocycles. The maximum Gasteiger partial charge on any atom is 0.335 e. The van der Waals surface area contributed by atoms with Crippen LogP contribution >= 0.6 is 0 Å². The zero-order chi connectivity index (χ0) is 25.6. The molecular formula is C27H18N2O7. The molecule has 0 spiro atoms. The molecule has 1 aliphatic rings. The van der Waals surface area contributed by atoms with E-state index in [4.69, 9.17) is 4.74 Å². The third-order valence-electron chi connectivity index (χ3n) is 6.03. The van der Waals surface area contributed by atoms with Crippen molar-refractivity contribution in [3.8, 4) is 16.9 Å². The van der Waals surface area contributed by atoms with E-state index >= 15 is 0 Å². The molecule has 2 amide bonds. The number of carbonyl (C=O) groups is 3. The van der Waals surface area contributed by atoms with Gasteiger partial charge in [-0.3, -0.25) is 19.7 Å². The highest BCUT2D eigenvalue weighted by Gasteiger charge is 2.37. The number of benzene rings is 4. The summed E-state index contributed by atoms with van der Waals surface area (Å²) in [5.41, 5.74) is 0.873. The Kier molecular flexibility index (Phi) is 5.44. The predicted molar refractivity (Wildman–Crippen MR) is 132 cm³/mol. The number of aromatic carboxylic acids is 1. The van der Waals surface area contributed by atoms with Gasteiger partial charge in [-0.1, -0.05) is 24.3 Å². The molecule has 1 aliphatic heterocycles. The number of imide groups is 1. The Bertz CT molecular complexity index is 1580. The van der Waals surface area contributed by atoms with Gasteiger partial charge in [-0.2, -0.15) is 0 Å². The van der Waals surface area contributed by atoms with Crippen LogP contribution in [0.1, 0.15) is 38.0 Å². The van der Waals surface area contributed by atoms with Crippen molar-refractivity contribution in [1.82, 2.24) is 0 Å². The van der Waals surface area contributed by atoms with Crippen LogP contribution in [-0.2, 0) is 0 Å². The molecule has 1 N–H and O–H groups in total. The summed E-state index contributed by atoms with van der Waals surface area (Å²) in [7, 11) is 0. The molecule has 0 radical (unpaired) electrons. The first kappa shape index (κ1) is 22.7. The van der Waals surface area contributed by atoms with Crippen molar-refractivity contribution in [1.29, 1.82) is 0 Å². The summed E-state index contributed by atoms with van der Waals surface area (Å²) in [6, 6.07) is 18.1. The molecule has 0 saturated heterocycles. The SMILES string of the molecule is CCOc1ccc(N2C(=O)c3cccc4c(-c5ccc(C(=O)O)cc5)c([N+](=O)[O-])cc(c34)C2=O)cc1. The van der Waals surface area contributed by atoms with Crippen molar-refractivity contribution in [3.05, 3.63) is 99.6 Å². The molecule has 36 heavy (non-hydrogen) atoms. The molecule has 0 fully saturated rings. The van der Waals surface area contributed by atoms with Crippen molar-refractivity contribution in [2.24, 2.45) is 0 Å². The molecule has 9 nitrogen and oxygen atoms in total. The number of carboxylic acid groups (broad SMARTS) is 1. The van der Waals surface area contributed by atoms with Gasteiger partial charge in [0.2, 0.25) is 0 Å². The molecule has 4 aromatic rings. The van der Waals surface area contributed by atoms with E-state index in [-0.39, 0.29) is 27.9 Å². The first-order valence-electron chi connectivity index (χ1n) is 11.0. The van der Waals surface area contributed by atoms with E-state index < -0.39 is 22.7 Å². The van der Waals surface area contributed by atoms with Gasteiger partial charge in [-0.25, -0.2) is 9.69 Å². The summed E-state index contributed by atoms with van der Waals surface area (Å²) >= 11 is 0. The number of rotatable bonds is 6. The molecular weight excluding hydrogens is 464 g/mol. The minimum atomic E-state index is -1.13. The highest BCUT2D eigenvalue weighted by Crippen LogP contribution is 2.43. The lowest BCUT2D eigenvalue weighted by Crippen LogP contribution is -2.40. The van der Waals surface area contributed by atoms with Crippen molar-refractivity contribution in [3.63, 3.8) is 0 Å². The van der Waals surface area contributed by atoms with Crippen LogP contribution in [0.5, 0.6) is 5.75 Å². The van der Waals surface area contributed by atoms with Crippen molar-refractivity contribution < 1.29 is 29.2 Å². The van der Waals surface area contributed by atoms with Crippen LogP contribution in [0.15, 0.2) is 72.8 Å². The molecule has 0 atom stereocenters. The average molecular weight is 482 g/mol. The predicted octanol–water partition coefficient (Wildman–Crippen LogP) is 5.31. The van der Waals surface area contributed by atoms with Crippen LogP contribution in [0.3, 0.4) is 0 Å². The number of carbonyl (C=O) groups excluding carboxylic acids is 2. The van der Waals surface area contributed by atoms with Crippen LogP contribution in [0.2, 0.25) is 0 Å². The Labute approximate surface area is 204 Å². The summed E-state index contributed by atoms with van der Waals surface area (Å²) in [5, 5.41) is 22.0. The third-order valence-corrected chi connectivity index (χ3v) is 6.03. The molecule has 0 unspecified atom stereocenters. The Morgan fingerprint density at radius 2 is 1.64 bits per heavy atom. The van der Waals surface area contributed by atoms with Gasteiger partial charge >= 0.3 is 5.97 Å². The summed E-state index contributed by atoms with van der Waals surface area (Å²) in [6.45, 7) is 2.30. The first-order chi connectivity index (χ1) is 17.3. The molecule has 0 aromatic heterocycles. The Balaban J connectivity index is 1.73. The average Bonchev–Trinajstić information content (AvgIpc) is 2.87. The second-order valence-electron chi connectivity index (χ2n) is 8.06. The fourth-order valence-corrected chi connectivity index (χ4v) is 4.47. The molecule has 9 heteroatoms. The number of hydrogen-bond donors (Lipinski definition) is 1. The van der Waals surface area contributed by atoms with Gasteiger partial charge in [-0.15, -0.1) is 0 Å². The number of ether oxygens (including phenoxy) is 1. The zero-order valence-corrected chi connectivity index (χ0v) is 18.9. The second kappa shape index (κ2) is 8.62. The molecule has 5 rings (SSSR count). The highest BCUT2D eigenvalue weighted by atomic mass is 16.6. The third kappa shape index (κ3) is 3.54. The maximum absolute atomic E-state index is 13.6. The van der Waals surface area contributed by atoms with E-state index in [1.165, 1.54) is 30.3 Å². The van der Waals surface area contributed by atoms with Gasteiger partial charge in [0.05, 0.1) is 33.9 Å². The van der Waals surface area contributed by atoms with Gasteiger partial charge in [0.15, 0.2) is 0 Å². The van der Waals surface area contributed by atoms with Gasteiger partial charge in [0.25, 0.3) is 17.5 Å². The Morgan fingerprint density at radius 3 is 2.25 bits per heavy atom. The van der Waals surface area contributed by atoms with E-state index in [2.05, 4.69) is 0 Å². The lowest BCUT2D eigenvalue weighted by atomic mass is 9.87. The molecule has 0 aliphatic carbocycles. The minimum Gasteiger partial charge on any atom is -0.494 e. The summed E-state index contributed by atoms with van der Waals surface area (Å²) in [4.78, 5) is 50.8. The smallest absolute Gasteiger partial charge is 0.335 e. The fraction of sp³-hybridized carbons (Fsp3) is 0.0741. The Hall–Kier alpha value is -5.05. The highest BCUT2D eigenvalue weighted by molar-refractivity contribution is 6.37. The van der Waals surface area contributed by atoms with Crippen LogP contribution in [-0.4, -0.2) is 34.4 Å². The maximum atomic E-state index is 13.6. The largest absolute Gasteiger partial charge is 0.494 e. The summed E-state index contributed by atoms with van der Waals surface area (Å²) in [5.74, 6) is -1.78. The monoisotopic (exact) mass is 482 g/mol. The number of nitro groups is 1. The van der Waals surface area contributed by atoms with E-state index in [1.807, 2.05) is 6.92 Å². The first-order valence-corrected chi connectivity index (χ1v) is 11.0. The normalized spacial score (nSPS) is 12.6. The van der Waals surface area contributed by atoms with Crippen molar-refractivity contribution in [2.75, 3.05) is 11.5 Å². The Morgan fingerprint density at radius 1 is 0.972 bits per heavy atom. The number of hydrogen-bond acceptors (Lipinski definition) is 6. The minimum absolute atomic E-state index is 0.0282. The number of nitro benzene ring substituents is 1. The molecule has 4 aromatic carbocycles. The lowest BCUT2D eigenvalue weighted by Gasteiger charge is -2.28. The van der Waals surface area contributed by atoms with Gasteiger partial charge in [-0.05, 0) is 60.3 Å². The van der Waals surface area contributed by atoms with Gasteiger partial charge < -0.3 is 9.84 Å². The van der Waals surface area contributed by atoms with Crippen LogP contribution in [0.25, 0.3) is 21.9 Å². The van der Waals surface area contributed by atoms with Gasteiger partial charge in [0.1, 0.15) is 5.75 Å². The number of carboxylic acids is 1. The molecule has 0 bridgehead atoms. The van der Waals surface area contributed by atoms with Crippen molar-refractivity contribution >= 4 is 39.9 Å². The van der Waals surface area contributed by atoms with Crippen LogP contribution in [0, 0.1) is 10.1 Å². The molecule has 178 valence electrons. The van der Waals surface area contributed by atoms with E-state index in [0.29, 0.717) is 34.4 Å². The van der Waals surface area contributed by atoms with E-state index in [1.54, 1.807) is 42.5 Å². The topological polar surface area (TPSA) is 127 Å². The zero-order valence-electron chi connectivity index (χ0n) is 18.9. The number of nitrogens with zero attached hydrogens (tertiary/aromatic N) is 2. The lowest BCUT2D eigenvalue weighted by molar-refractivity contribution is -0.384.